The van der Waals surface area contributed by atoms with Gasteiger partial charge in [0.15, 0.2) is 5.65 Å². The lowest BCUT2D eigenvalue weighted by atomic mass is 10.4. The summed E-state index contributed by atoms with van der Waals surface area (Å²) in [6.45, 7) is 5.34. The summed E-state index contributed by atoms with van der Waals surface area (Å²) in [6, 6.07) is 2.82. The summed E-state index contributed by atoms with van der Waals surface area (Å²) in [7, 11) is 0. The summed E-state index contributed by atoms with van der Waals surface area (Å²) in [5, 5.41) is 0. The Kier molecular flexibility index (Phi) is 4.82. The molecule has 1 fully saturated rings. The molecule has 0 atom stereocenters. The number of halogens is 2. The summed E-state index contributed by atoms with van der Waals surface area (Å²) in [5.41, 5.74) is 1.91. The molecule has 3 rings (SSSR count). The van der Waals surface area contributed by atoms with E-state index < -0.39 is 0 Å². The van der Waals surface area contributed by atoms with Crippen LogP contribution in [0.1, 0.15) is 25.6 Å². The average molecular weight is 372 g/mol. The zero-order valence-corrected chi connectivity index (χ0v) is 14.6. The molecule has 0 aliphatic heterocycles. The highest BCUT2D eigenvalue weighted by Gasteiger charge is 2.27. The Morgan fingerprint density at radius 1 is 1.48 bits per heavy atom. The van der Waals surface area contributed by atoms with E-state index in [0.717, 1.165) is 53.6 Å². The van der Waals surface area contributed by atoms with Gasteiger partial charge in [0.05, 0.1) is 0 Å². The van der Waals surface area contributed by atoms with Crippen molar-refractivity contribution in [1.82, 2.24) is 19.4 Å². The Balaban J connectivity index is 1.85. The molecule has 6 heteroatoms. The molecular formula is C15H20BrClN4. The number of nitrogens with zero attached hydrogens (tertiary/aromatic N) is 4. The van der Waals surface area contributed by atoms with Gasteiger partial charge in [0.1, 0.15) is 11.3 Å². The van der Waals surface area contributed by atoms with E-state index in [4.69, 9.17) is 16.6 Å². The first-order valence-electron chi connectivity index (χ1n) is 7.53. The van der Waals surface area contributed by atoms with Crippen molar-refractivity contribution in [2.45, 2.75) is 38.8 Å². The molecule has 2 aromatic heterocycles. The van der Waals surface area contributed by atoms with Gasteiger partial charge in [0.25, 0.3) is 0 Å². The molecule has 1 saturated carbocycles. The maximum atomic E-state index is 5.92. The fraction of sp³-hybridized carbons (Fsp3) is 0.600. The number of pyridine rings is 1. The molecule has 0 N–H and O–H groups in total. The van der Waals surface area contributed by atoms with Crippen LogP contribution in [0.15, 0.2) is 16.7 Å². The molecule has 0 bridgehead atoms. The van der Waals surface area contributed by atoms with Crippen LogP contribution in [0.4, 0.5) is 0 Å². The van der Waals surface area contributed by atoms with Crippen LogP contribution in [-0.4, -0.2) is 44.4 Å². The third kappa shape index (κ3) is 3.41. The van der Waals surface area contributed by atoms with E-state index >= 15 is 0 Å². The fourth-order valence-electron chi connectivity index (χ4n) is 2.81. The quantitative estimate of drug-likeness (QED) is 0.699. The minimum absolute atomic E-state index is 0.588. The van der Waals surface area contributed by atoms with Gasteiger partial charge >= 0.3 is 0 Å². The number of aryl methyl sites for hydroxylation is 1. The van der Waals surface area contributed by atoms with Gasteiger partial charge in [-0.2, -0.15) is 0 Å². The summed E-state index contributed by atoms with van der Waals surface area (Å²) < 4.78 is 3.19. The van der Waals surface area contributed by atoms with Crippen LogP contribution in [0.25, 0.3) is 11.2 Å². The molecule has 1 aliphatic rings. The van der Waals surface area contributed by atoms with Gasteiger partial charge in [-0.05, 0) is 41.4 Å². The normalized spacial score (nSPS) is 15.2. The van der Waals surface area contributed by atoms with Gasteiger partial charge < -0.3 is 4.57 Å². The van der Waals surface area contributed by atoms with Crippen molar-refractivity contribution in [3.63, 3.8) is 0 Å². The molecule has 1 aliphatic carbocycles. The van der Waals surface area contributed by atoms with Crippen molar-refractivity contribution < 1.29 is 0 Å². The van der Waals surface area contributed by atoms with Crippen molar-refractivity contribution in [2.24, 2.45) is 0 Å². The molecule has 0 radical (unpaired) electrons. The molecular weight excluding hydrogens is 352 g/mol. The van der Waals surface area contributed by atoms with Crippen LogP contribution in [0, 0.1) is 0 Å². The first-order valence-corrected chi connectivity index (χ1v) is 8.86. The van der Waals surface area contributed by atoms with Crippen molar-refractivity contribution in [1.29, 1.82) is 0 Å². The molecule has 4 nitrogen and oxygen atoms in total. The zero-order chi connectivity index (χ0) is 14.8. The number of aromatic nitrogens is 3. The Hall–Kier alpha value is -0.650. The number of fused-ring (bicyclic) bond motifs is 1. The van der Waals surface area contributed by atoms with E-state index in [-0.39, 0.29) is 0 Å². The molecule has 21 heavy (non-hydrogen) atoms. The van der Waals surface area contributed by atoms with Gasteiger partial charge in [-0.1, -0.05) is 6.92 Å². The molecule has 2 aromatic rings. The second-order valence-corrected chi connectivity index (χ2v) is 6.77. The first kappa shape index (κ1) is 15.3. The zero-order valence-electron chi connectivity index (χ0n) is 12.2. The molecule has 0 amide bonds. The number of hydrogen-bond donors (Lipinski definition) is 0. The van der Waals surface area contributed by atoms with Gasteiger partial charge in [0.2, 0.25) is 0 Å². The van der Waals surface area contributed by atoms with E-state index in [1.165, 1.54) is 12.8 Å². The largest absolute Gasteiger partial charge is 0.311 e. The predicted octanol–water partition coefficient (Wildman–Crippen LogP) is 3.46. The van der Waals surface area contributed by atoms with Crippen LogP contribution in [-0.2, 0) is 13.0 Å². The summed E-state index contributed by atoms with van der Waals surface area (Å²) in [4.78, 5) is 11.8. The maximum absolute atomic E-state index is 5.92. The number of imidazole rings is 1. The Morgan fingerprint density at radius 2 is 2.29 bits per heavy atom. The number of hydrogen-bond acceptors (Lipinski definition) is 3. The van der Waals surface area contributed by atoms with Gasteiger partial charge in [-0.25, -0.2) is 9.97 Å². The van der Waals surface area contributed by atoms with E-state index in [9.17, 15) is 0 Å². The van der Waals surface area contributed by atoms with Crippen LogP contribution in [0.2, 0.25) is 0 Å². The fourth-order valence-corrected chi connectivity index (χ4v) is 3.30. The van der Waals surface area contributed by atoms with Crippen LogP contribution >= 0.6 is 27.5 Å². The Bertz CT molecular complexity index is 623. The van der Waals surface area contributed by atoms with Crippen molar-refractivity contribution in [2.75, 3.05) is 19.0 Å². The van der Waals surface area contributed by atoms with E-state index in [1.54, 1.807) is 0 Å². The molecule has 0 unspecified atom stereocenters. The van der Waals surface area contributed by atoms with Crippen LogP contribution in [0.3, 0.4) is 0 Å². The van der Waals surface area contributed by atoms with Crippen molar-refractivity contribution in [3.05, 3.63) is 22.6 Å². The van der Waals surface area contributed by atoms with Crippen LogP contribution < -0.4 is 0 Å². The van der Waals surface area contributed by atoms with Gasteiger partial charge in [-0.3, -0.25) is 4.90 Å². The number of alkyl halides is 1. The Labute approximate surface area is 138 Å². The summed E-state index contributed by atoms with van der Waals surface area (Å²) in [6.07, 6.45) is 5.31. The van der Waals surface area contributed by atoms with Crippen molar-refractivity contribution in [3.8, 4) is 0 Å². The third-order valence-corrected chi connectivity index (χ3v) is 4.65. The monoisotopic (exact) mass is 370 g/mol. The summed E-state index contributed by atoms with van der Waals surface area (Å²) in [5.74, 6) is 1.63. The molecule has 0 aromatic carbocycles. The highest BCUT2D eigenvalue weighted by Crippen LogP contribution is 2.26. The van der Waals surface area contributed by atoms with Crippen LogP contribution in [0.5, 0.6) is 0 Å². The lowest BCUT2D eigenvalue weighted by molar-refractivity contribution is 0.266. The second kappa shape index (κ2) is 6.63. The Morgan fingerprint density at radius 3 is 2.95 bits per heavy atom. The SMILES string of the molecule is CCN(CCn1c(CCCl)nc2cc(Br)cnc21)C1CC1. The number of rotatable bonds is 7. The lowest BCUT2D eigenvalue weighted by Gasteiger charge is -2.20. The van der Waals surface area contributed by atoms with E-state index in [0.29, 0.717) is 5.88 Å². The average Bonchev–Trinajstić information content (AvgIpc) is 3.24. The highest BCUT2D eigenvalue weighted by molar-refractivity contribution is 9.10. The van der Waals surface area contributed by atoms with E-state index in [1.807, 2.05) is 12.3 Å². The standard InChI is InChI=1S/C15H20BrClN4/c1-2-20(12-3-4-12)7-8-21-14(5-6-17)19-13-9-11(16)10-18-15(13)21/h9-10,12H,2-8H2,1H3. The molecule has 0 spiro atoms. The maximum Gasteiger partial charge on any atom is 0.160 e. The minimum atomic E-state index is 0.588. The highest BCUT2D eigenvalue weighted by atomic mass is 79.9. The first-order chi connectivity index (χ1) is 10.2. The molecule has 114 valence electrons. The number of likely N-dealkylation sites (N-methyl/N-ethyl adjacent to an activating group) is 1. The molecule has 0 saturated heterocycles. The molecule has 2 heterocycles. The third-order valence-electron chi connectivity index (χ3n) is 4.03. The lowest BCUT2D eigenvalue weighted by Crippen LogP contribution is -2.29. The second-order valence-electron chi connectivity index (χ2n) is 5.47. The topological polar surface area (TPSA) is 34.0 Å². The smallest absolute Gasteiger partial charge is 0.160 e. The van der Waals surface area contributed by atoms with Crippen molar-refractivity contribution >= 4 is 38.7 Å². The van der Waals surface area contributed by atoms with Gasteiger partial charge in [-0.15, -0.1) is 11.6 Å². The summed E-state index contributed by atoms with van der Waals surface area (Å²) >= 11 is 9.38. The van der Waals surface area contributed by atoms with Gasteiger partial charge in [0, 0.05) is 42.1 Å². The minimum Gasteiger partial charge on any atom is -0.311 e. The predicted molar refractivity (Wildman–Crippen MR) is 89.9 cm³/mol. The van der Waals surface area contributed by atoms with E-state index in [2.05, 4.69) is 37.3 Å².